The summed E-state index contributed by atoms with van der Waals surface area (Å²) < 4.78 is 5.61. The van der Waals surface area contributed by atoms with Crippen LogP contribution in [0.5, 0.6) is 5.75 Å². The number of hydrogen-bond donors (Lipinski definition) is 1. The third-order valence-electron chi connectivity index (χ3n) is 4.63. The molecule has 5 nitrogen and oxygen atoms in total. The Morgan fingerprint density at radius 2 is 1.90 bits per heavy atom. The quantitative estimate of drug-likeness (QED) is 0.585. The second-order valence-corrected chi connectivity index (χ2v) is 7.51. The van der Waals surface area contributed by atoms with E-state index in [0.717, 1.165) is 24.0 Å². The summed E-state index contributed by atoms with van der Waals surface area (Å²) >= 11 is 5.97. The van der Waals surface area contributed by atoms with Crippen LogP contribution in [-0.4, -0.2) is 35.9 Å². The third kappa shape index (κ3) is 7.42. The van der Waals surface area contributed by atoms with E-state index in [1.165, 1.54) is 0 Å². The summed E-state index contributed by atoms with van der Waals surface area (Å²) in [5, 5.41) is 3.44. The van der Waals surface area contributed by atoms with Crippen molar-refractivity contribution < 1.29 is 14.3 Å². The molecule has 2 aromatic carbocycles. The van der Waals surface area contributed by atoms with E-state index in [9.17, 15) is 9.59 Å². The summed E-state index contributed by atoms with van der Waals surface area (Å²) in [5.74, 6) is 0.0894. The number of benzene rings is 2. The van der Waals surface area contributed by atoms with Crippen LogP contribution in [0.15, 0.2) is 48.5 Å². The van der Waals surface area contributed by atoms with Gasteiger partial charge in [-0.2, -0.15) is 0 Å². The van der Waals surface area contributed by atoms with E-state index in [1.54, 1.807) is 36.1 Å². The van der Waals surface area contributed by atoms with Gasteiger partial charge >= 0.3 is 0 Å². The minimum absolute atomic E-state index is 0.165. The van der Waals surface area contributed by atoms with Crippen LogP contribution >= 0.6 is 11.6 Å². The van der Waals surface area contributed by atoms with Gasteiger partial charge in [0.05, 0.1) is 0 Å². The highest BCUT2D eigenvalue weighted by Gasteiger charge is 2.26. The number of halogens is 1. The molecular weight excluding hydrogens is 388 g/mol. The fourth-order valence-corrected chi connectivity index (χ4v) is 2.97. The maximum absolute atomic E-state index is 12.9. The molecule has 0 saturated carbocycles. The van der Waals surface area contributed by atoms with Crippen LogP contribution in [0.2, 0.25) is 5.02 Å². The molecule has 0 aliphatic heterocycles. The van der Waals surface area contributed by atoms with Crippen molar-refractivity contribution in [1.82, 2.24) is 10.2 Å². The molecule has 0 unspecified atom stereocenters. The van der Waals surface area contributed by atoms with Crippen molar-refractivity contribution in [3.63, 3.8) is 0 Å². The molecule has 2 aromatic rings. The van der Waals surface area contributed by atoms with E-state index >= 15 is 0 Å². The number of hydrogen-bond acceptors (Lipinski definition) is 3. The Hall–Kier alpha value is -2.53. The molecule has 6 heteroatoms. The molecule has 0 fully saturated rings. The molecule has 1 atom stereocenters. The van der Waals surface area contributed by atoms with E-state index in [2.05, 4.69) is 12.2 Å². The van der Waals surface area contributed by atoms with Crippen molar-refractivity contribution in [1.29, 1.82) is 0 Å². The Bertz CT molecular complexity index is 808. The highest BCUT2D eigenvalue weighted by molar-refractivity contribution is 6.30. The molecule has 29 heavy (non-hydrogen) atoms. The number of unbranched alkanes of at least 4 members (excludes halogenated alkanes) is 1. The lowest BCUT2D eigenvalue weighted by molar-refractivity contribution is -0.142. The van der Waals surface area contributed by atoms with Crippen molar-refractivity contribution in [2.75, 3.05) is 13.2 Å². The summed E-state index contributed by atoms with van der Waals surface area (Å²) in [6.07, 6.45) is 1.90. The molecule has 0 radical (unpaired) electrons. The zero-order chi connectivity index (χ0) is 21.2. The van der Waals surface area contributed by atoms with Gasteiger partial charge in [0, 0.05) is 18.1 Å². The topological polar surface area (TPSA) is 58.6 Å². The standard InChI is InChI=1S/C23H29ClN2O3/c1-4-5-13-25-23(28)18(3)26(15-19-11-9-17(2)10-12-19)22(27)16-29-21-8-6-7-20(24)14-21/h6-12,14,18H,4-5,13,15-16H2,1-3H3,(H,25,28)/t18-/m1/s1. The first-order valence-corrected chi connectivity index (χ1v) is 10.3. The molecule has 2 amide bonds. The first kappa shape index (κ1) is 22.8. The van der Waals surface area contributed by atoms with E-state index in [1.807, 2.05) is 31.2 Å². The predicted molar refractivity (Wildman–Crippen MR) is 116 cm³/mol. The third-order valence-corrected chi connectivity index (χ3v) is 4.86. The highest BCUT2D eigenvalue weighted by Crippen LogP contribution is 2.18. The Labute approximate surface area is 178 Å². The molecule has 0 aliphatic rings. The summed E-state index contributed by atoms with van der Waals surface area (Å²) in [6.45, 7) is 6.59. The van der Waals surface area contributed by atoms with Crippen LogP contribution in [-0.2, 0) is 16.1 Å². The van der Waals surface area contributed by atoms with Crippen molar-refractivity contribution in [3.8, 4) is 5.75 Å². The smallest absolute Gasteiger partial charge is 0.261 e. The van der Waals surface area contributed by atoms with Crippen molar-refractivity contribution in [3.05, 3.63) is 64.7 Å². The zero-order valence-electron chi connectivity index (χ0n) is 17.3. The van der Waals surface area contributed by atoms with Crippen LogP contribution in [0.25, 0.3) is 0 Å². The SMILES string of the molecule is CCCCNC(=O)[C@@H](C)N(Cc1ccc(C)cc1)C(=O)COc1cccc(Cl)c1. The van der Waals surface area contributed by atoms with Gasteiger partial charge in [0.15, 0.2) is 6.61 Å². The van der Waals surface area contributed by atoms with Gasteiger partial charge in [-0.25, -0.2) is 0 Å². The fraction of sp³-hybridized carbons (Fsp3) is 0.391. The Kier molecular flexibility index (Phi) is 9.00. The van der Waals surface area contributed by atoms with Gasteiger partial charge in [-0.15, -0.1) is 0 Å². The average Bonchev–Trinajstić information content (AvgIpc) is 2.71. The summed E-state index contributed by atoms with van der Waals surface area (Å²) in [6, 6.07) is 14.2. The summed E-state index contributed by atoms with van der Waals surface area (Å²) in [7, 11) is 0. The number of rotatable bonds is 10. The maximum atomic E-state index is 12.9. The Morgan fingerprint density at radius 1 is 1.17 bits per heavy atom. The number of amides is 2. The number of nitrogens with zero attached hydrogens (tertiary/aromatic N) is 1. The van der Waals surface area contributed by atoms with Gasteiger partial charge in [-0.05, 0) is 44.0 Å². The fourth-order valence-electron chi connectivity index (χ4n) is 2.79. The number of aryl methyl sites for hydroxylation is 1. The lowest BCUT2D eigenvalue weighted by Gasteiger charge is -2.28. The zero-order valence-corrected chi connectivity index (χ0v) is 18.0. The number of carbonyl (C=O) groups is 2. The number of nitrogens with one attached hydrogen (secondary N) is 1. The Balaban J connectivity index is 2.10. The van der Waals surface area contributed by atoms with E-state index in [0.29, 0.717) is 23.9 Å². The van der Waals surface area contributed by atoms with Crippen molar-refractivity contribution >= 4 is 23.4 Å². The minimum Gasteiger partial charge on any atom is -0.484 e. The second kappa shape index (κ2) is 11.5. The van der Waals surface area contributed by atoms with Gasteiger partial charge in [-0.3, -0.25) is 9.59 Å². The summed E-state index contributed by atoms with van der Waals surface area (Å²) in [5.41, 5.74) is 2.10. The first-order chi connectivity index (χ1) is 13.9. The van der Waals surface area contributed by atoms with Crippen molar-refractivity contribution in [2.24, 2.45) is 0 Å². The predicted octanol–water partition coefficient (Wildman–Crippen LogP) is 4.36. The van der Waals surface area contributed by atoms with E-state index < -0.39 is 6.04 Å². The molecule has 0 bridgehead atoms. The maximum Gasteiger partial charge on any atom is 0.261 e. The lowest BCUT2D eigenvalue weighted by atomic mass is 10.1. The number of carbonyl (C=O) groups excluding carboxylic acids is 2. The molecule has 0 saturated heterocycles. The van der Waals surface area contributed by atoms with Crippen LogP contribution in [0.3, 0.4) is 0 Å². The molecule has 1 N–H and O–H groups in total. The van der Waals surface area contributed by atoms with Gasteiger partial charge in [0.2, 0.25) is 5.91 Å². The first-order valence-electron chi connectivity index (χ1n) is 9.91. The van der Waals surface area contributed by atoms with Crippen LogP contribution in [0.4, 0.5) is 0 Å². The largest absolute Gasteiger partial charge is 0.484 e. The van der Waals surface area contributed by atoms with Gasteiger partial charge in [0.1, 0.15) is 11.8 Å². The second-order valence-electron chi connectivity index (χ2n) is 7.07. The van der Waals surface area contributed by atoms with E-state index in [4.69, 9.17) is 16.3 Å². The van der Waals surface area contributed by atoms with Crippen LogP contribution < -0.4 is 10.1 Å². The molecule has 2 rings (SSSR count). The van der Waals surface area contributed by atoms with Crippen molar-refractivity contribution in [2.45, 2.75) is 46.2 Å². The minimum atomic E-state index is -0.608. The molecule has 0 aromatic heterocycles. The average molecular weight is 417 g/mol. The normalized spacial score (nSPS) is 11.6. The molecule has 0 spiro atoms. The number of ether oxygens (including phenoxy) is 1. The van der Waals surface area contributed by atoms with Crippen LogP contribution in [0.1, 0.15) is 37.8 Å². The van der Waals surface area contributed by atoms with E-state index in [-0.39, 0.29) is 18.4 Å². The van der Waals surface area contributed by atoms with Gasteiger partial charge < -0.3 is 15.0 Å². The molecular formula is C23H29ClN2O3. The van der Waals surface area contributed by atoms with Gasteiger partial charge in [0.25, 0.3) is 5.91 Å². The molecule has 0 heterocycles. The molecule has 0 aliphatic carbocycles. The monoisotopic (exact) mass is 416 g/mol. The Morgan fingerprint density at radius 3 is 2.55 bits per heavy atom. The highest BCUT2D eigenvalue weighted by atomic mass is 35.5. The molecule has 156 valence electrons. The lowest BCUT2D eigenvalue weighted by Crippen LogP contribution is -2.49. The van der Waals surface area contributed by atoms with Gasteiger partial charge in [-0.1, -0.05) is 60.8 Å². The van der Waals surface area contributed by atoms with Crippen LogP contribution in [0, 0.1) is 6.92 Å². The summed E-state index contributed by atoms with van der Waals surface area (Å²) in [4.78, 5) is 27.1.